The zero-order valence-corrected chi connectivity index (χ0v) is 12.7. The van der Waals surface area contributed by atoms with Crippen LogP contribution in [-0.4, -0.2) is 55.4 Å². The van der Waals surface area contributed by atoms with Crippen LogP contribution in [0.2, 0.25) is 0 Å². The van der Waals surface area contributed by atoms with Crippen LogP contribution < -0.4 is 10.1 Å². The molecule has 2 rings (SSSR count). The van der Waals surface area contributed by atoms with Gasteiger partial charge >= 0.3 is 5.69 Å². The van der Waals surface area contributed by atoms with Crippen molar-refractivity contribution in [3.63, 3.8) is 0 Å². The molecule has 0 aliphatic carbocycles. The summed E-state index contributed by atoms with van der Waals surface area (Å²) in [5.74, 6) is 0.0862. The molecule has 1 N–H and O–H groups in total. The van der Waals surface area contributed by atoms with Crippen LogP contribution in [0.5, 0.6) is 5.75 Å². The lowest BCUT2D eigenvalue weighted by Crippen LogP contribution is -2.30. The van der Waals surface area contributed by atoms with E-state index >= 15 is 0 Å². The van der Waals surface area contributed by atoms with E-state index in [1.165, 1.54) is 19.2 Å². The minimum atomic E-state index is -0.532. The molecule has 0 unspecified atom stereocenters. The predicted molar refractivity (Wildman–Crippen MR) is 82.5 cm³/mol. The van der Waals surface area contributed by atoms with Gasteiger partial charge in [0.1, 0.15) is 0 Å². The highest BCUT2D eigenvalue weighted by Gasteiger charge is 2.18. The van der Waals surface area contributed by atoms with E-state index in [1.807, 2.05) is 0 Å². The van der Waals surface area contributed by atoms with Crippen LogP contribution >= 0.6 is 0 Å². The highest BCUT2D eigenvalue weighted by atomic mass is 16.6. The number of nitro groups is 1. The zero-order valence-electron chi connectivity index (χ0n) is 12.7. The average molecular weight is 307 g/mol. The number of carbonyl (C=O) groups is 1. The Labute approximate surface area is 129 Å². The number of carbonyl (C=O) groups excluding carboxylic acids is 1. The summed E-state index contributed by atoms with van der Waals surface area (Å²) in [5, 5.41) is 14.3. The first-order valence-electron chi connectivity index (χ1n) is 7.40. The molecule has 1 fully saturated rings. The quantitative estimate of drug-likeness (QED) is 0.487. The minimum absolute atomic E-state index is 0.0806. The summed E-state index contributed by atoms with van der Waals surface area (Å²) in [6, 6.07) is 4.35. The summed E-state index contributed by atoms with van der Waals surface area (Å²) in [6.07, 6.45) is 1.44. The number of nitrogens with one attached hydrogen (secondary N) is 1. The summed E-state index contributed by atoms with van der Waals surface area (Å²) in [5.41, 5.74) is 0.188. The van der Waals surface area contributed by atoms with Crippen LogP contribution in [0, 0.1) is 10.1 Å². The fourth-order valence-corrected chi connectivity index (χ4v) is 2.54. The van der Waals surface area contributed by atoms with Gasteiger partial charge in [0.15, 0.2) is 11.5 Å². The zero-order chi connectivity index (χ0) is 15.9. The highest BCUT2D eigenvalue weighted by Crippen LogP contribution is 2.27. The van der Waals surface area contributed by atoms with Crippen LogP contribution in [0.3, 0.4) is 0 Å². The van der Waals surface area contributed by atoms with E-state index in [9.17, 15) is 14.9 Å². The van der Waals surface area contributed by atoms with E-state index in [0.717, 1.165) is 32.6 Å². The second kappa shape index (κ2) is 7.86. The van der Waals surface area contributed by atoms with Gasteiger partial charge in [0.25, 0.3) is 0 Å². The number of ether oxygens (including phenoxy) is 1. The highest BCUT2D eigenvalue weighted by molar-refractivity contribution is 5.97. The van der Waals surface area contributed by atoms with E-state index in [0.29, 0.717) is 18.5 Å². The maximum absolute atomic E-state index is 12.2. The Kier molecular flexibility index (Phi) is 5.85. The third kappa shape index (κ3) is 4.25. The lowest BCUT2D eigenvalue weighted by Gasteiger charge is -2.18. The number of hydrogen-bond donors (Lipinski definition) is 1. The number of methoxy groups -OCH3 is 1. The lowest BCUT2D eigenvalue weighted by molar-refractivity contribution is -0.385. The van der Waals surface area contributed by atoms with Crippen molar-refractivity contribution < 1.29 is 14.5 Å². The molecular formula is C15H21N3O4. The molecule has 1 heterocycles. The molecule has 0 bridgehead atoms. The average Bonchev–Trinajstić information content (AvgIpc) is 2.80. The maximum Gasteiger partial charge on any atom is 0.311 e. The Morgan fingerprint density at radius 2 is 2.23 bits per heavy atom. The standard InChI is InChI=1S/C15H21N3O4/c1-22-15-4-3-12(11-13(15)18(20)21)14(19)5-9-17-8-2-6-16-7-10-17/h3-4,11,16H,2,5-10H2,1H3. The maximum atomic E-state index is 12.2. The van der Waals surface area contributed by atoms with Gasteiger partial charge in [-0.3, -0.25) is 14.9 Å². The van der Waals surface area contributed by atoms with Gasteiger partial charge in [-0.05, 0) is 31.6 Å². The molecule has 0 spiro atoms. The van der Waals surface area contributed by atoms with Crippen LogP contribution in [0.1, 0.15) is 23.2 Å². The summed E-state index contributed by atoms with van der Waals surface area (Å²) in [4.78, 5) is 25.0. The monoisotopic (exact) mass is 307 g/mol. The van der Waals surface area contributed by atoms with Gasteiger partial charge in [-0.25, -0.2) is 0 Å². The molecule has 1 aromatic rings. The largest absolute Gasteiger partial charge is 0.490 e. The summed E-state index contributed by atoms with van der Waals surface area (Å²) in [6.45, 7) is 4.52. The van der Waals surface area contributed by atoms with Crippen molar-refractivity contribution in [3.05, 3.63) is 33.9 Å². The summed E-state index contributed by atoms with van der Waals surface area (Å²) < 4.78 is 4.94. The minimum Gasteiger partial charge on any atom is -0.490 e. The molecule has 1 aliphatic rings. The van der Waals surface area contributed by atoms with Crippen LogP contribution in [0.4, 0.5) is 5.69 Å². The molecule has 0 radical (unpaired) electrons. The van der Waals surface area contributed by atoms with Crippen molar-refractivity contribution in [1.29, 1.82) is 0 Å². The van der Waals surface area contributed by atoms with Crippen molar-refractivity contribution in [2.24, 2.45) is 0 Å². The molecule has 1 aromatic carbocycles. The lowest BCUT2D eigenvalue weighted by atomic mass is 10.1. The van der Waals surface area contributed by atoms with Crippen LogP contribution in [0.25, 0.3) is 0 Å². The van der Waals surface area contributed by atoms with E-state index in [-0.39, 0.29) is 17.2 Å². The first kappa shape index (κ1) is 16.4. The number of nitro benzene ring substituents is 1. The second-order valence-corrected chi connectivity index (χ2v) is 5.26. The molecule has 22 heavy (non-hydrogen) atoms. The van der Waals surface area contributed by atoms with Gasteiger partial charge in [0.2, 0.25) is 0 Å². The number of rotatable bonds is 6. The molecule has 7 nitrogen and oxygen atoms in total. The molecule has 0 saturated carbocycles. The van der Waals surface area contributed by atoms with E-state index in [4.69, 9.17) is 4.74 Å². The number of nitrogens with zero attached hydrogens (tertiary/aromatic N) is 2. The molecule has 120 valence electrons. The van der Waals surface area contributed by atoms with Crippen molar-refractivity contribution in [1.82, 2.24) is 10.2 Å². The van der Waals surface area contributed by atoms with Crippen LogP contribution in [-0.2, 0) is 0 Å². The molecule has 0 amide bonds. The van der Waals surface area contributed by atoms with E-state index < -0.39 is 4.92 Å². The SMILES string of the molecule is COc1ccc(C(=O)CCN2CCCNCC2)cc1[N+](=O)[O-]. The fourth-order valence-electron chi connectivity index (χ4n) is 2.54. The Morgan fingerprint density at radius 3 is 2.95 bits per heavy atom. The van der Waals surface area contributed by atoms with Crippen molar-refractivity contribution in [2.75, 3.05) is 39.8 Å². The first-order valence-corrected chi connectivity index (χ1v) is 7.40. The summed E-state index contributed by atoms with van der Waals surface area (Å²) >= 11 is 0. The Bertz CT molecular complexity index is 540. The number of benzene rings is 1. The smallest absolute Gasteiger partial charge is 0.311 e. The van der Waals surface area contributed by atoms with Gasteiger partial charge in [-0.1, -0.05) is 0 Å². The second-order valence-electron chi connectivity index (χ2n) is 5.26. The molecule has 1 saturated heterocycles. The number of Topliss-reactive ketones (excluding diaryl/α,β-unsaturated/α-hetero) is 1. The summed E-state index contributed by atoms with van der Waals surface area (Å²) in [7, 11) is 1.37. The van der Waals surface area contributed by atoms with Crippen LogP contribution in [0.15, 0.2) is 18.2 Å². The molecule has 0 atom stereocenters. The van der Waals surface area contributed by atoms with Crippen molar-refractivity contribution in [2.45, 2.75) is 12.8 Å². The topological polar surface area (TPSA) is 84.7 Å². The molecular weight excluding hydrogens is 286 g/mol. The van der Waals surface area contributed by atoms with Gasteiger partial charge < -0.3 is 15.0 Å². The van der Waals surface area contributed by atoms with E-state index in [2.05, 4.69) is 10.2 Å². The van der Waals surface area contributed by atoms with E-state index in [1.54, 1.807) is 6.07 Å². The predicted octanol–water partition coefficient (Wildman–Crippen LogP) is 1.47. The normalized spacial score (nSPS) is 16.0. The molecule has 7 heteroatoms. The first-order chi connectivity index (χ1) is 10.6. The number of hydrogen-bond acceptors (Lipinski definition) is 6. The number of ketones is 1. The molecule has 1 aliphatic heterocycles. The van der Waals surface area contributed by atoms with Gasteiger partial charge in [-0.15, -0.1) is 0 Å². The van der Waals surface area contributed by atoms with Gasteiger partial charge in [0, 0.05) is 37.7 Å². The third-order valence-corrected chi connectivity index (χ3v) is 3.79. The Hall–Kier alpha value is -1.99. The van der Waals surface area contributed by atoms with Gasteiger partial charge in [0.05, 0.1) is 12.0 Å². The van der Waals surface area contributed by atoms with Crippen molar-refractivity contribution in [3.8, 4) is 5.75 Å². The van der Waals surface area contributed by atoms with Crippen molar-refractivity contribution >= 4 is 11.5 Å². The fraction of sp³-hybridized carbons (Fsp3) is 0.533. The van der Waals surface area contributed by atoms with Gasteiger partial charge in [-0.2, -0.15) is 0 Å². The third-order valence-electron chi connectivity index (χ3n) is 3.79. The molecule has 0 aromatic heterocycles. The Balaban J connectivity index is 1.99. The Morgan fingerprint density at radius 1 is 1.41 bits per heavy atom.